The van der Waals surface area contributed by atoms with E-state index in [0.29, 0.717) is 55.1 Å². The van der Waals surface area contributed by atoms with Crippen LogP contribution in [0.4, 0.5) is 10.5 Å². The number of carbonyl (C=O) groups excluding carboxylic acids is 2. The van der Waals surface area contributed by atoms with Crippen molar-refractivity contribution in [2.45, 2.75) is 32.2 Å². The molecule has 0 radical (unpaired) electrons. The van der Waals surface area contributed by atoms with E-state index < -0.39 is 6.04 Å². The number of amides is 3. The van der Waals surface area contributed by atoms with Crippen molar-refractivity contribution >= 4 is 40.8 Å². The van der Waals surface area contributed by atoms with E-state index in [4.69, 9.17) is 28.9 Å². The van der Waals surface area contributed by atoms with Gasteiger partial charge in [-0.25, -0.2) is 4.79 Å². The zero-order valence-corrected chi connectivity index (χ0v) is 22.3. The highest BCUT2D eigenvalue weighted by Crippen LogP contribution is 2.27. The average molecular weight is 533 g/mol. The van der Waals surface area contributed by atoms with Crippen molar-refractivity contribution in [3.8, 4) is 0 Å². The van der Waals surface area contributed by atoms with Crippen LogP contribution in [0.15, 0.2) is 42.5 Å². The molecule has 0 aromatic heterocycles. The number of halogens is 2. The molecule has 194 valence electrons. The minimum atomic E-state index is -0.609. The quantitative estimate of drug-likeness (QED) is 0.515. The maximum atomic E-state index is 13.7. The van der Waals surface area contributed by atoms with Gasteiger partial charge in [-0.2, -0.15) is 0 Å². The number of hydrogen-bond donors (Lipinski definition) is 2. The number of aryl methyl sites for hydroxylation is 1. The van der Waals surface area contributed by atoms with Gasteiger partial charge in [0.05, 0.1) is 0 Å². The van der Waals surface area contributed by atoms with Gasteiger partial charge in [-0.1, -0.05) is 54.4 Å². The Hall–Kier alpha value is -2.48. The molecular weight excluding hydrogens is 497 g/mol. The van der Waals surface area contributed by atoms with Crippen molar-refractivity contribution in [3.63, 3.8) is 0 Å². The predicted molar refractivity (Wildman–Crippen MR) is 146 cm³/mol. The fraction of sp³-hybridized carbons (Fsp3) is 0.481. The highest BCUT2D eigenvalue weighted by molar-refractivity contribution is 6.35. The van der Waals surface area contributed by atoms with E-state index in [-0.39, 0.29) is 11.9 Å². The minimum absolute atomic E-state index is 0.0391. The molecule has 2 aliphatic rings. The van der Waals surface area contributed by atoms with Crippen LogP contribution in [0.3, 0.4) is 0 Å². The number of rotatable bonds is 9. The number of benzene rings is 2. The van der Waals surface area contributed by atoms with Crippen molar-refractivity contribution in [1.29, 1.82) is 0 Å². The van der Waals surface area contributed by atoms with Gasteiger partial charge in [0.2, 0.25) is 5.91 Å². The highest BCUT2D eigenvalue weighted by atomic mass is 35.5. The van der Waals surface area contributed by atoms with Crippen LogP contribution in [0.25, 0.3) is 0 Å². The van der Waals surface area contributed by atoms with E-state index in [0.717, 1.165) is 31.5 Å². The van der Waals surface area contributed by atoms with Crippen LogP contribution < -0.4 is 16.0 Å². The molecule has 0 aliphatic carbocycles. The molecule has 2 aromatic rings. The lowest BCUT2D eigenvalue weighted by Gasteiger charge is -2.39. The molecule has 36 heavy (non-hydrogen) atoms. The number of piperazine rings is 1. The third-order valence-electron chi connectivity index (χ3n) is 7.21. The molecule has 2 atom stereocenters. The molecule has 7 nitrogen and oxygen atoms in total. The topological polar surface area (TPSA) is 81.9 Å². The summed E-state index contributed by atoms with van der Waals surface area (Å²) >= 11 is 12.5. The summed E-state index contributed by atoms with van der Waals surface area (Å²) in [7, 11) is 0. The first-order valence-corrected chi connectivity index (χ1v) is 13.4. The summed E-state index contributed by atoms with van der Waals surface area (Å²) in [5.74, 6) is 0.448. The largest absolute Gasteiger partial charge is 0.368 e. The molecule has 2 aliphatic heterocycles. The van der Waals surface area contributed by atoms with Crippen LogP contribution in [-0.4, -0.2) is 73.6 Å². The summed E-state index contributed by atoms with van der Waals surface area (Å²) in [6.07, 6.45) is 2.39. The molecule has 2 unspecified atom stereocenters. The highest BCUT2D eigenvalue weighted by Gasteiger charge is 2.37. The maximum Gasteiger partial charge on any atom is 0.318 e. The summed E-state index contributed by atoms with van der Waals surface area (Å²) in [6.45, 7) is 6.60. The van der Waals surface area contributed by atoms with Gasteiger partial charge in [-0.05, 0) is 54.6 Å². The van der Waals surface area contributed by atoms with Crippen LogP contribution in [0.5, 0.6) is 0 Å². The first-order valence-electron chi connectivity index (χ1n) is 12.7. The monoisotopic (exact) mass is 531 g/mol. The van der Waals surface area contributed by atoms with Gasteiger partial charge in [-0.15, -0.1) is 0 Å². The van der Waals surface area contributed by atoms with Gasteiger partial charge in [0.15, 0.2) is 0 Å². The van der Waals surface area contributed by atoms with Gasteiger partial charge in [0.25, 0.3) is 0 Å². The molecule has 0 saturated carbocycles. The van der Waals surface area contributed by atoms with Gasteiger partial charge in [0.1, 0.15) is 6.04 Å². The lowest BCUT2D eigenvalue weighted by molar-refractivity contribution is -0.136. The van der Waals surface area contributed by atoms with Crippen LogP contribution in [0.1, 0.15) is 24.5 Å². The van der Waals surface area contributed by atoms with E-state index in [1.54, 1.807) is 17.0 Å². The second kappa shape index (κ2) is 12.2. The number of carbonyl (C=O) groups is 2. The van der Waals surface area contributed by atoms with Crippen LogP contribution in [0.2, 0.25) is 10.0 Å². The molecule has 0 spiro atoms. The molecular formula is C27H35Cl2N5O2. The van der Waals surface area contributed by atoms with Gasteiger partial charge in [-0.3, -0.25) is 4.79 Å². The number of nitrogens with zero attached hydrogens (tertiary/aromatic N) is 3. The van der Waals surface area contributed by atoms with Crippen molar-refractivity contribution in [1.82, 2.24) is 15.1 Å². The lowest BCUT2D eigenvalue weighted by Crippen LogP contribution is -2.56. The third kappa shape index (κ3) is 6.25. The Morgan fingerprint density at radius 2 is 1.81 bits per heavy atom. The second-order valence-corrected chi connectivity index (χ2v) is 10.5. The lowest BCUT2D eigenvalue weighted by atomic mass is 9.99. The van der Waals surface area contributed by atoms with E-state index in [1.165, 1.54) is 11.3 Å². The number of nitrogens with two attached hydrogens (primary N) is 1. The van der Waals surface area contributed by atoms with Gasteiger partial charge < -0.3 is 25.8 Å². The summed E-state index contributed by atoms with van der Waals surface area (Å²) in [5.41, 5.74) is 9.17. The fourth-order valence-electron chi connectivity index (χ4n) is 4.94. The number of hydrogen-bond acceptors (Lipinski definition) is 4. The Bertz CT molecular complexity index is 1070. The van der Waals surface area contributed by atoms with Crippen LogP contribution in [-0.2, 0) is 17.6 Å². The zero-order valence-electron chi connectivity index (χ0n) is 20.8. The Balaban J connectivity index is 1.45. The standard InChI is InChI=1S/C27H35Cl2N5O2/c1-19(18-30)6-7-20-4-2-3-5-24(20)32-12-14-33(15-13-32)26(35)25(34-11-10-31-27(34)36)16-21-8-9-22(28)17-23(21)29/h2-5,8-9,17,19,25H,6-7,10-16,18,30H2,1H3,(H,31,36). The van der Waals surface area contributed by atoms with E-state index >= 15 is 0 Å². The second-order valence-electron chi connectivity index (χ2n) is 9.70. The van der Waals surface area contributed by atoms with Gasteiger partial charge >= 0.3 is 6.03 Å². The van der Waals surface area contributed by atoms with Crippen molar-refractivity contribution < 1.29 is 9.59 Å². The van der Waals surface area contributed by atoms with Crippen molar-refractivity contribution in [3.05, 3.63) is 63.6 Å². The molecule has 0 bridgehead atoms. The Labute approximate surface area is 223 Å². The molecule has 2 saturated heterocycles. The van der Waals surface area contributed by atoms with E-state index in [9.17, 15) is 9.59 Å². The molecule has 2 fully saturated rings. The predicted octanol–water partition coefficient (Wildman–Crippen LogP) is 3.81. The van der Waals surface area contributed by atoms with Crippen molar-refractivity contribution in [2.75, 3.05) is 50.7 Å². The molecule has 2 aromatic carbocycles. The average Bonchev–Trinajstić information content (AvgIpc) is 3.32. The first kappa shape index (κ1) is 26.6. The van der Waals surface area contributed by atoms with Crippen LogP contribution >= 0.6 is 23.2 Å². The molecule has 2 heterocycles. The summed E-state index contributed by atoms with van der Waals surface area (Å²) in [6, 6.07) is 13.0. The summed E-state index contributed by atoms with van der Waals surface area (Å²) in [5, 5.41) is 3.87. The zero-order chi connectivity index (χ0) is 25.7. The number of nitrogens with one attached hydrogen (secondary N) is 1. The Kier molecular flexibility index (Phi) is 8.99. The van der Waals surface area contributed by atoms with Crippen molar-refractivity contribution in [2.24, 2.45) is 11.7 Å². The minimum Gasteiger partial charge on any atom is -0.368 e. The summed E-state index contributed by atoms with van der Waals surface area (Å²) in [4.78, 5) is 32.1. The van der Waals surface area contributed by atoms with E-state index in [1.807, 2.05) is 11.0 Å². The smallest absolute Gasteiger partial charge is 0.318 e. The first-order chi connectivity index (χ1) is 17.4. The SMILES string of the molecule is CC(CN)CCc1ccccc1N1CCN(C(=O)C(Cc2ccc(Cl)cc2Cl)N2CCNC2=O)CC1. The fourth-order valence-corrected chi connectivity index (χ4v) is 5.42. The Morgan fingerprint density at radius 3 is 2.47 bits per heavy atom. The maximum absolute atomic E-state index is 13.7. The molecule has 9 heteroatoms. The number of para-hydroxylation sites is 1. The normalized spacial score (nSPS) is 17.8. The number of anilines is 1. The molecule has 3 amide bonds. The molecule has 4 rings (SSSR count). The van der Waals surface area contributed by atoms with E-state index in [2.05, 4.69) is 41.4 Å². The van der Waals surface area contributed by atoms with Gasteiger partial charge in [0, 0.05) is 61.4 Å². The third-order valence-corrected chi connectivity index (χ3v) is 7.80. The summed E-state index contributed by atoms with van der Waals surface area (Å²) < 4.78 is 0. The molecule has 3 N–H and O–H groups in total. The number of urea groups is 1. The Morgan fingerprint density at radius 1 is 1.06 bits per heavy atom. The van der Waals surface area contributed by atoms with Crippen LogP contribution in [0, 0.1) is 5.92 Å².